The van der Waals surface area contributed by atoms with E-state index in [4.69, 9.17) is 5.26 Å². The van der Waals surface area contributed by atoms with Gasteiger partial charge in [-0.1, -0.05) is 19.1 Å². The number of nitrogens with zero attached hydrogens (tertiary/aromatic N) is 3. The zero-order valence-corrected chi connectivity index (χ0v) is 11.3. The first-order valence-corrected chi connectivity index (χ1v) is 6.68. The van der Waals surface area contributed by atoms with Gasteiger partial charge in [0, 0.05) is 32.2 Å². The third kappa shape index (κ3) is 3.10. The summed E-state index contributed by atoms with van der Waals surface area (Å²) in [5, 5.41) is 8.91. The van der Waals surface area contributed by atoms with E-state index >= 15 is 0 Å². The van der Waals surface area contributed by atoms with Crippen LogP contribution in [-0.2, 0) is 6.54 Å². The first-order chi connectivity index (χ1) is 8.72. The van der Waals surface area contributed by atoms with E-state index in [0.29, 0.717) is 6.04 Å². The average molecular weight is 243 g/mol. The predicted molar refractivity (Wildman–Crippen MR) is 73.1 cm³/mol. The molecule has 0 amide bonds. The summed E-state index contributed by atoms with van der Waals surface area (Å²) >= 11 is 0. The van der Waals surface area contributed by atoms with Crippen molar-refractivity contribution in [3.05, 3.63) is 35.4 Å². The number of hydrogen-bond donors (Lipinski definition) is 0. The highest BCUT2D eigenvalue weighted by molar-refractivity contribution is 5.32. The van der Waals surface area contributed by atoms with Gasteiger partial charge in [0.15, 0.2) is 0 Å². The van der Waals surface area contributed by atoms with E-state index in [9.17, 15) is 0 Å². The standard InChI is InChI=1S/C15H21N3/c1-3-18-8-7-17(11-13(18)2)12-15-6-4-5-14(9-15)10-16/h4-6,9,13H,3,7-8,11-12H2,1-2H3. The molecular weight excluding hydrogens is 222 g/mol. The molecule has 3 nitrogen and oxygen atoms in total. The summed E-state index contributed by atoms with van der Waals surface area (Å²) in [5.41, 5.74) is 2.00. The molecule has 1 aliphatic heterocycles. The molecule has 0 saturated carbocycles. The number of piperazine rings is 1. The summed E-state index contributed by atoms with van der Waals surface area (Å²) < 4.78 is 0. The van der Waals surface area contributed by atoms with E-state index in [2.05, 4.69) is 35.8 Å². The zero-order valence-electron chi connectivity index (χ0n) is 11.3. The minimum Gasteiger partial charge on any atom is -0.298 e. The molecule has 1 fully saturated rings. The number of hydrogen-bond acceptors (Lipinski definition) is 3. The van der Waals surface area contributed by atoms with E-state index in [-0.39, 0.29) is 0 Å². The second-order valence-electron chi connectivity index (χ2n) is 5.02. The monoisotopic (exact) mass is 243 g/mol. The molecule has 1 atom stereocenters. The van der Waals surface area contributed by atoms with Gasteiger partial charge in [0.05, 0.1) is 11.6 Å². The van der Waals surface area contributed by atoms with Crippen LogP contribution in [0.4, 0.5) is 0 Å². The Balaban J connectivity index is 1.96. The molecule has 0 N–H and O–H groups in total. The third-order valence-electron chi connectivity index (χ3n) is 3.72. The van der Waals surface area contributed by atoms with Crippen molar-refractivity contribution in [3.8, 4) is 6.07 Å². The highest BCUT2D eigenvalue weighted by Crippen LogP contribution is 2.13. The van der Waals surface area contributed by atoms with Crippen molar-refractivity contribution in [2.24, 2.45) is 0 Å². The first kappa shape index (κ1) is 13.1. The van der Waals surface area contributed by atoms with Crippen molar-refractivity contribution in [1.82, 2.24) is 9.80 Å². The lowest BCUT2D eigenvalue weighted by Crippen LogP contribution is -2.51. The van der Waals surface area contributed by atoms with Gasteiger partial charge >= 0.3 is 0 Å². The summed E-state index contributed by atoms with van der Waals surface area (Å²) in [4.78, 5) is 5.00. The molecule has 1 aromatic rings. The molecule has 0 aromatic heterocycles. The zero-order chi connectivity index (χ0) is 13.0. The van der Waals surface area contributed by atoms with Crippen LogP contribution >= 0.6 is 0 Å². The SMILES string of the molecule is CCN1CCN(Cc2cccc(C#N)c2)CC1C. The van der Waals surface area contributed by atoms with Crippen LogP contribution in [0.15, 0.2) is 24.3 Å². The van der Waals surface area contributed by atoms with E-state index in [0.717, 1.165) is 38.3 Å². The van der Waals surface area contributed by atoms with Gasteiger partial charge in [0.2, 0.25) is 0 Å². The van der Waals surface area contributed by atoms with Crippen LogP contribution < -0.4 is 0 Å². The van der Waals surface area contributed by atoms with Crippen LogP contribution in [-0.4, -0.2) is 42.0 Å². The lowest BCUT2D eigenvalue weighted by Gasteiger charge is -2.39. The summed E-state index contributed by atoms with van der Waals surface area (Å²) in [6.45, 7) is 10.00. The fourth-order valence-electron chi connectivity index (χ4n) is 2.68. The Kier molecular flexibility index (Phi) is 4.35. The highest BCUT2D eigenvalue weighted by Gasteiger charge is 2.22. The molecule has 0 radical (unpaired) electrons. The van der Waals surface area contributed by atoms with E-state index in [1.165, 1.54) is 5.56 Å². The largest absolute Gasteiger partial charge is 0.298 e. The van der Waals surface area contributed by atoms with Crippen LogP contribution in [0.5, 0.6) is 0 Å². The number of nitriles is 1. The van der Waals surface area contributed by atoms with Gasteiger partial charge in [0.25, 0.3) is 0 Å². The summed E-state index contributed by atoms with van der Waals surface area (Å²) in [6.07, 6.45) is 0. The van der Waals surface area contributed by atoms with Gasteiger partial charge in [0.1, 0.15) is 0 Å². The molecular formula is C15H21N3. The van der Waals surface area contributed by atoms with Gasteiger partial charge in [-0.2, -0.15) is 5.26 Å². The van der Waals surface area contributed by atoms with Crippen LogP contribution in [0.25, 0.3) is 0 Å². The summed E-state index contributed by atoms with van der Waals surface area (Å²) in [6, 6.07) is 10.8. The van der Waals surface area contributed by atoms with Crippen molar-refractivity contribution < 1.29 is 0 Å². The molecule has 0 spiro atoms. The predicted octanol–water partition coefficient (Wildman–Crippen LogP) is 2.08. The van der Waals surface area contributed by atoms with Gasteiger partial charge in [-0.3, -0.25) is 9.80 Å². The average Bonchev–Trinajstić information content (AvgIpc) is 2.39. The van der Waals surface area contributed by atoms with Crippen LogP contribution in [0.1, 0.15) is 25.0 Å². The topological polar surface area (TPSA) is 30.3 Å². The molecule has 1 aliphatic rings. The van der Waals surface area contributed by atoms with Gasteiger partial charge in [-0.15, -0.1) is 0 Å². The minimum absolute atomic E-state index is 0.628. The molecule has 1 saturated heterocycles. The van der Waals surface area contributed by atoms with Crippen LogP contribution in [0.2, 0.25) is 0 Å². The Hall–Kier alpha value is -1.37. The van der Waals surface area contributed by atoms with Crippen LogP contribution in [0.3, 0.4) is 0 Å². The highest BCUT2D eigenvalue weighted by atomic mass is 15.3. The number of rotatable bonds is 3. The minimum atomic E-state index is 0.628. The van der Waals surface area contributed by atoms with Gasteiger partial charge in [-0.05, 0) is 31.2 Å². The molecule has 18 heavy (non-hydrogen) atoms. The molecule has 3 heteroatoms. The lowest BCUT2D eigenvalue weighted by atomic mass is 10.1. The molecule has 0 aliphatic carbocycles. The van der Waals surface area contributed by atoms with Crippen molar-refractivity contribution >= 4 is 0 Å². The number of likely N-dealkylation sites (N-methyl/N-ethyl adjacent to an activating group) is 1. The second kappa shape index (κ2) is 5.99. The van der Waals surface area contributed by atoms with Crippen molar-refractivity contribution in [2.45, 2.75) is 26.4 Å². The Bertz CT molecular complexity index is 436. The molecule has 1 unspecified atom stereocenters. The van der Waals surface area contributed by atoms with E-state index in [1.807, 2.05) is 18.2 Å². The maximum Gasteiger partial charge on any atom is 0.0991 e. The van der Waals surface area contributed by atoms with Crippen LogP contribution in [0, 0.1) is 11.3 Å². The Labute approximate surface area is 110 Å². The lowest BCUT2D eigenvalue weighted by molar-refractivity contribution is 0.0834. The first-order valence-electron chi connectivity index (χ1n) is 6.68. The van der Waals surface area contributed by atoms with E-state index < -0.39 is 0 Å². The van der Waals surface area contributed by atoms with Gasteiger partial charge in [-0.25, -0.2) is 0 Å². The number of benzene rings is 1. The summed E-state index contributed by atoms with van der Waals surface area (Å²) in [5.74, 6) is 0. The van der Waals surface area contributed by atoms with Gasteiger partial charge < -0.3 is 0 Å². The molecule has 2 rings (SSSR count). The normalized spacial score (nSPS) is 21.7. The van der Waals surface area contributed by atoms with Crippen molar-refractivity contribution in [3.63, 3.8) is 0 Å². The van der Waals surface area contributed by atoms with Crippen molar-refractivity contribution in [1.29, 1.82) is 5.26 Å². The molecule has 1 heterocycles. The fourth-order valence-corrected chi connectivity index (χ4v) is 2.68. The van der Waals surface area contributed by atoms with E-state index in [1.54, 1.807) is 0 Å². The smallest absolute Gasteiger partial charge is 0.0991 e. The van der Waals surface area contributed by atoms with Crippen molar-refractivity contribution in [2.75, 3.05) is 26.2 Å². The molecule has 96 valence electrons. The Morgan fingerprint density at radius 1 is 1.39 bits per heavy atom. The maximum atomic E-state index is 8.91. The quantitative estimate of drug-likeness (QED) is 0.814. The summed E-state index contributed by atoms with van der Waals surface area (Å²) in [7, 11) is 0. The Morgan fingerprint density at radius 3 is 2.89 bits per heavy atom. The second-order valence-corrected chi connectivity index (χ2v) is 5.02. The third-order valence-corrected chi connectivity index (χ3v) is 3.72. The Morgan fingerprint density at radius 2 is 2.22 bits per heavy atom. The fraction of sp³-hybridized carbons (Fsp3) is 0.533. The maximum absolute atomic E-state index is 8.91. The molecule has 1 aromatic carbocycles. The molecule has 0 bridgehead atoms.